The molecule has 78 heavy (non-hydrogen) atoms. The van der Waals surface area contributed by atoms with Gasteiger partial charge in [-0.3, -0.25) is 0 Å². The molecule has 5 aliphatic heterocycles. The first-order valence-electron chi connectivity index (χ1n) is 27.3. The predicted molar refractivity (Wildman–Crippen MR) is 333 cm³/mol. The van der Waals surface area contributed by atoms with Gasteiger partial charge < -0.3 is 14.7 Å². The molecule has 0 unspecified atom stereocenters. The van der Waals surface area contributed by atoms with E-state index in [-0.39, 0.29) is 20.1 Å². The van der Waals surface area contributed by atoms with Crippen molar-refractivity contribution >= 4 is 120 Å². The number of para-hydroxylation sites is 1. The zero-order valence-corrected chi connectivity index (χ0v) is 42.6. The van der Waals surface area contributed by atoms with Gasteiger partial charge >= 0.3 is 0 Å². The van der Waals surface area contributed by atoms with Crippen LogP contribution >= 0.6 is 0 Å². The molecule has 5 heterocycles. The van der Waals surface area contributed by atoms with Crippen LogP contribution in [-0.2, 0) is 0 Å². The van der Waals surface area contributed by atoms with E-state index in [2.05, 4.69) is 294 Å². The summed E-state index contributed by atoms with van der Waals surface area (Å²) in [6, 6.07) is 105. The Morgan fingerprint density at radius 3 is 0.872 bits per heavy atom. The van der Waals surface area contributed by atoms with Gasteiger partial charge in [0.15, 0.2) is 0 Å². The van der Waals surface area contributed by atoms with Crippen molar-refractivity contribution in [2.75, 3.05) is 14.7 Å². The van der Waals surface area contributed by atoms with Crippen LogP contribution in [0, 0.1) is 0 Å². The molecule has 0 saturated carbocycles. The summed E-state index contributed by atoms with van der Waals surface area (Å²) in [6.45, 7) is -0.0459. The van der Waals surface area contributed by atoms with E-state index in [9.17, 15) is 0 Å². The number of rotatable bonds is 8. The van der Waals surface area contributed by atoms with Gasteiger partial charge in [-0.15, -0.1) is 0 Å². The van der Waals surface area contributed by atoms with Crippen LogP contribution in [-0.4, -0.2) is 20.1 Å². The zero-order chi connectivity index (χ0) is 51.0. The smallest absolute Gasteiger partial charge is 0.257 e. The Labute approximate surface area is 456 Å². The summed E-state index contributed by atoms with van der Waals surface area (Å²) in [4.78, 5) is 7.89. The minimum atomic E-state index is -0.0314. The first-order valence-corrected chi connectivity index (χ1v) is 27.3. The van der Waals surface area contributed by atoms with Crippen LogP contribution in [0.4, 0.5) is 51.2 Å². The van der Waals surface area contributed by atoms with Gasteiger partial charge in [0.25, 0.3) is 6.71 Å². The Kier molecular flexibility index (Phi) is 9.40. The lowest BCUT2D eigenvalue weighted by atomic mass is 9.25. The molecule has 0 saturated heterocycles. The molecule has 0 aliphatic carbocycles. The van der Waals surface area contributed by atoms with Gasteiger partial charge in [0.05, 0.1) is 0 Å². The lowest BCUT2D eigenvalue weighted by Crippen LogP contribution is -2.73. The maximum atomic E-state index is 2.75. The van der Waals surface area contributed by atoms with Gasteiger partial charge in [-0.1, -0.05) is 241 Å². The van der Waals surface area contributed by atoms with E-state index in [0.29, 0.717) is 0 Å². The summed E-state index contributed by atoms with van der Waals surface area (Å²) >= 11 is 0. The summed E-state index contributed by atoms with van der Waals surface area (Å²) in [5.74, 6) is 0. The second-order valence-corrected chi connectivity index (χ2v) is 21.5. The van der Waals surface area contributed by atoms with Gasteiger partial charge in [0.2, 0.25) is 13.4 Å². The van der Waals surface area contributed by atoms with Crippen LogP contribution in [0.5, 0.6) is 0 Å². The predicted octanol–water partition coefficient (Wildman–Crippen LogP) is 11.9. The van der Waals surface area contributed by atoms with E-state index in [1.807, 2.05) is 0 Å². The van der Waals surface area contributed by atoms with Crippen molar-refractivity contribution in [2.45, 2.75) is 0 Å². The molecule has 0 spiro atoms. The average molecular weight is 986 g/mol. The van der Waals surface area contributed by atoms with Crippen LogP contribution in [0.15, 0.2) is 279 Å². The summed E-state index contributed by atoms with van der Waals surface area (Å²) in [6.07, 6.45) is 0. The molecule has 3 nitrogen and oxygen atoms in total. The summed E-state index contributed by atoms with van der Waals surface area (Å²) in [5, 5.41) is 0. The Hall–Kier alpha value is -9.77. The van der Waals surface area contributed by atoms with E-state index in [0.717, 1.165) is 11.4 Å². The molecule has 0 amide bonds. The number of hydrogen-bond donors (Lipinski definition) is 0. The summed E-state index contributed by atoms with van der Waals surface area (Å²) in [5.41, 5.74) is 33.0. The van der Waals surface area contributed by atoms with Crippen molar-refractivity contribution in [3.05, 3.63) is 279 Å². The van der Waals surface area contributed by atoms with Crippen molar-refractivity contribution < 1.29 is 0 Å². The summed E-state index contributed by atoms with van der Waals surface area (Å²) < 4.78 is 0. The van der Waals surface area contributed by atoms with Crippen LogP contribution in [0.2, 0.25) is 0 Å². The second kappa shape index (κ2) is 16.9. The minimum absolute atomic E-state index is 0.00724. The van der Waals surface area contributed by atoms with Crippen molar-refractivity contribution in [3.8, 4) is 44.5 Å². The van der Waals surface area contributed by atoms with Crippen LogP contribution in [0.1, 0.15) is 0 Å². The summed E-state index contributed by atoms with van der Waals surface area (Å²) in [7, 11) is 0. The molecule has 17 rings (SSSR count). The Bertz CT molecular complexity index is 3800. The molecule has 0 bridgehead atoms. The highest BCUT2D eigenvalue weighted by Gasteiger charge is 2.55. The molecular formula is C72H46B3N3. The first kappa shape index (κ1) is 43.5. The second-order valence-electron chi connectivity index (χ2n) is 21.5. The van der Waals surface area contributed by atoms with E-state index in [1.165, 1.54) is 133 Å². The molecule has 0 N–H and O–H groups in total. The SMILES string of the molecule is c1ccc(-c2ccc(B3c4cccc5c4N4c6c3ccc3c6B6c7c(cccc7N(c7ccc(-c8ccccc8)cc7)c7ccc(c4c76)B5c4ccc(-c5ccccc5)cc4)N3c3ccc(-c4ccccc4)cc3)cc2)cc1. The molecular weight excluding hydrogens is 939 g/mol. The first-order chi connectivity index (χ1) is 38.7. The maximum absolute atomic E-state index is 2.75. The molecule has 0 fully saturated rings. The van der Waals surface area contributed by atoms with Crippen molar-refractivity contribution in [1.29, 1.82) is 0 Å². The molecule has 12 aromatic carbocycles. The quantitative estimate of drug-likeness (QED) is 0.141. The van der Waals surface area contributed by atoms with E-state index >= 15 is 0 Å². The van der Waals surface area contributed by atoms with Crippen LogP contribution < -0.4 is 63.9 Å². The van der Waals surface area contributed by atoms with Gasteiger partial charge in [-0.05, 0) is 131 Å². The molecule has 12 aromatic rings. The fraction of sp³-hybridized carbons (Fsp3) is 0. The largest absolute Gasteiger partial charge is 0.313 e. The Balaban J connectivity index is 0.945. The highest BCUT2D eigenvalue weighted by atomic mass is 15.2. The van der Waals surface area contributed by atoms with Crippen LogP contribution in [0.25, 0.3) is 44.5 Å². The average Bonchev–Trinajstić information content (AvgIpc) is 3.70. The monoisotopic (exact) mass is 985 g/mol. The highest BCUT2D eigenvalue weighted by molar-refractivity contribution is 7.08. The molecule has 0 aromatic heterocycles. The van der Waals surface area contributed by atoms with Gasteiger partial charge in [-0.2, -0.15) is 0 Å². The van der Waals surface area contributed by atoms with Gasteiger partial charge in [0.1, 0.15) is 0 Å². The van der Waals surface area contributed by atoms with E-state index < -0.39 is 0 Å². The van der Waals surface area contributed by atoms with E-state index in [1.54, 1.807) is 0 Å². The highest BCUT2D eigenvalue weighted by Crippen LogP contribution is 2.51. The lowest BCUT2D eigenvalue weighted by Gasteiger charge is -2.54. The topological polar surface area (TPSA) is 9.72 Å². The number of hydrogen-bond acceptors (Lipinski definition) is 3. The fourth-order valence-electron chi connectivity index (χ4n) is 14.2. The third-order valence-electron chi connectivity index (χ3n) is 17.5. The minimum Gasteiger partial charge on any atom is -0.313 e. The van der Waals surface area contributed by atoms with Gasteiger partial charge in [-0.25, -0.2) is 0 Å². The maximum Gasteiger partial charge on any atom is 0.257 e. The molecule has 5 aliphatic rings. The normalized spacial score (nSPS) is 13.5. The standard InChI is InChI=1S/C72H46B3N3/c1-5-15-47(16-6-1)51-27-35-55(36-28-51)73-59-23-13-24-60-70(59)78-71-61(73)43-45-65-68(71)75-67-63(76(65)57-39-31-53(32-40-57)49-19-9-3-10-20-49)25-14-26-64(67)77(58-41-33-54(34-42-58)50-21-11-4-12-22-50)66-46-44-62(72(78)69(66)75)74(60)56-37-29-52(30-38-56)48-17-7-2-8-18-48/h1-46H. The van der Waals surface area contributed by atoms with Crippen molar-refractivity contribution in [3.63, 3.8) is 0 Å². The van der Waals surface area contributed by atoms with Crippen molar-refractivity contribution in [2.24, 2.45) is 0 Å². The van der Waals surface area contributed by atoms with Crippen molar-refractivity contribution in [1.82, 2.24) is 0 Å². The fourth-order valence-corrected chi connectivity index (χ4v) is 14.2. The van der Waals surface area contributed by atoms with E-state index in [4.69, 9.17) is 0 Å². The Morgan fingerprint density at radius 2 is 0.500 bits per heavy atom. The third-order valence-corrected chi connectivity index (χ3v) is 17.5. The van der Waals surface area contributed by atoms with Crippen LogP contribution in [0.3, 0.4) is 0 Å². The molecule has 0 atom stereocenters. The third kappa shape index (κ3) is 6.26. The number of anilines is 9. The lowest BCUT2D eigenvalue weighted by molar-refractivity contribution is 1.23. The molecule has 0 radical (unpaired) electrons. The molecule has 6 heteroatoms. The Morgan fingerprint density at radius 1 is 0.192 bits per heavy atom. The zero-order valence-electron chi connectivity index (χ0n) is 42.6. The number of nitrogens with zero attached hydrogens (tertiary/aromatic N) is 3. The van der Waals surface area contributed by atoms with Gasteiger partial charge in [0, 0.05) is 51.2 Å². The number of benzene rings is 12. The molecule has 358 valence electrons.